The highest BCUT2D eigenvalue weighted by Gasteiger charge is 2.24. The van der Waals surface area contributed by atoms with Crippen molar-refractivity contribution in [3.63, 3.8) is 0 Å². The van der Waals surface area contributed by atoms with Crippen molar-refractivity contribution in [1.82, 2.24) is 20.6 Å². The van der Waals surface area contributed by atoms with Gasteiger partial charge in [0.15, 0.2) is 5.82 Å². The minimum atomic E-state index is -0.545. The molecule has 4 aromatic rings. The summed E-state index contributed by atoms with van der Waals surface area (Å²) in [7, 11) is 0. The number of nitrogens with one attached hydrogen (secondary N) is 4. The zero-order chi connectivity index (χ0) is 25.7. The van der Waals surface area contributed by atoms with Crippen LogP contribution in [-0.4, -0.2) is 32.7 Å². The van der Waals surface area contributed by atoms with E-state index in [1.165, 1.54) is 12.1 Å². The number of tetrazole rings is 1. The van der Waals surface area contributed by atoms with E-state index in [9.17, 15) is 9.18 Å². The Labute approximate surface area is 209 Å². The highest BCUT2D eigenvalue weighted by molar-refractivity contribution is 6.02. The number of urea groups is 1. The number of aromatic amines is 1. The number of halogens is 1. The van der Waals surface area contributed by atoms with Gasteiger partial charge in [0.1, 0.15) is 5.82 Å². The zero-order valence-corrected chi connectivity index (χ0v) is 20.8. The molecule has 2 amide bonds. The second-order valence-corrected chi connectivity index (χ2v) is 9.59. The fraction of sp³-hybridized carbons (Fsp3) is 0.259. The Balaban J connectivity index is 1.72. The summed E-state index contributed by atoms with van der Waals surface area (Å²) in [6.45, 7) is 8.63. The summed E-state index contributed by atoms with van der Waals surface area (Å²) in [5, 5.41) is 23.3. The summed E-state index contributed by atoms with van der Waals surface area (Å²) in [6, 6.07) is 19.2. The first-order valence-corrected chi connectivity index (χ1v) is 11.8. The van der Waals surface area contributed by atoms with Crippen LogP contribution < -0.4 is 16.0 Å². The Hall–Kier alpha value is -4.27. The third kappa shape index (κ3) is 5.68. The lowest BCUT2D eigenvalue weighted by atomic mass is 9.85. The van der Waals surface area contributed by atoms with Crippen LogP contribution in [-0.2, 0) is 0 Å². The van der Waals surface area contributed by atoms with Gasteiger partial charge < -0.3 is 16.0 Å². The van der Waals surface area contributed by atoms with Crippen LogP contribution in [0.1, 0.15) is 34.1 Å². The lowest BCUT2D eigenvalue weighted by Gasteiger charge is -2.32. The number of hydrogen-bond donors (Lipinski definition) is 4. The molecule has 0 fully saturated rings. The fourth-order valence-electron chi connectivity index (χ4n) is 4.11. The summed E-state index contributed by atoms with van der Waals surface area (Å²) in [5.74, 6) is 0.0338. The van der Waals surface area contributed by atoms with Crippen LogP contribution in [0.2, 0.25) is 0 Å². The number of rotatable bonds is 7. The quantitative estimate of drug-likeness (QED) is 0.236. The minimum Gasteiger partial charge on any atom is -0.380 e. The van der Waals surface area contributed by atoms with Gasteiger partial charge in [-0.25, -0.2) is 14.3 Å². The van der Waals surface area contributed by atoms with Crippen LogP contribution in [0.4, 0.5) is 26.2 Å². The largest absolute Gasteiger partial charge is 0.380 e. The molecule has 4 rings (SSSR count). The average Bonchev–Trinajstić information content (AvgIpc) is 3.39. The predicted octanol–water partition coefficient (Wildman–Crippen LogP) is 6.55. The molecule has 0 saturated carbocycles. The maximum atomic E-state index is 14.1. The highest BCUT2D eigenvalue weighted by Crippen LogP contribution is 2.36. The average molecular weight is 488 g/mol. The first-order chi connectivity index (χ1) is 17.3. The topological polar surface area (TPSA) is 108 Å². The number of nitrogens with zero attached hydrogens (tertiary/aromatic N) is 3. The maximum Gasteiger partial charge on any atom is 0.323 e. The van der Waals surface area contributed by atoms with Crippen molar-refractivity contribution in [3.8, 4) is 22.5 Å². The number of carbonyl (C=O) groups excluding carboxylic acids is 1. The third-order valence-electron chi connectivity index (χ3n) is 6.01. The van der Waals surface area contributed by atoms with Crippen LogP contribution in [0.5, 0.6) is 0 Å². The van der Waals surface area contributed by atoms with Crippen molar-refractivity contribution >= 4 is 23.1 Å². The summed E-state index contributed by atoms with van der Waals surface area (Å²) in [4.78, 5) is 12.9. The van der Waals surface area contributed by atoms with E-state index >= 15 is 0 Å². The van der Waals surface area contributed by atoms with Crippen LogP contribution in [0.25, 0.3) is 22.5 Å². The lowest BCUT2D eigenvalue weighted by Crippen LogP contribution is -2.33. The van der Waals surface area contributed by atoms with E-state index in [0.29, 0.717) is 11.5 Å². The molecule has 0 spiro atoms. The van der Waals surface area contributed by atoms with E-state index in [1.54, 1.807) is 12.1 Å². The number of aromatic nitrogens is 4. The van der Waals surface area contributed by atoms with Crippen molar-refractivity contribution in [3.05, 3.63) is 72.5 Å². The molecule has 3 aromatic carbocycles. The molecule has 0 saturated heterocycles. The van der Waals surface area contributed by atoms with Crippen LogP contribution in [0.15, 0.2) is 66.7 Å². The number of hydrogen-bond acceptors (Lipinski definition) is 5. The molecule has 1 aromatic heterocycles. The van der Waals surface area contributed by atoms with Gasteiger partial charge in [0.2, 0.25) is 0 Å². The van der Waals surface area contributed by atoms with Gasteiger partial charge in [-0.3, -0.25) is 0 Å². The van der Waals surface area contributed by atoms with Gasteiger partial charge in [-0.1, -0.05) is 70.2 Å². The van der Waals surface area contributed by atoms with E-state index < -0.39 is 11.8 Å². The lowest BCUT2D eigenvalue weighted by molar-refractivity contribution is 0.262. The predicted molar refractivity (Wildman–Crippen MR) is 141 cm³/mol. The number of benzene rings is 3. The van der Waals surface area contributed by atoms with E-state index in [1.807, 2.05) is 42.5 Å². The van der Waals surface area contributed by atoms with E-state index in [0.717, 1.165) is 28.8 Å². The van der Waals surface area contributed by atoms with Crippen molar-refractivity contribution < 1.29 is 9.18 Å². The van der Waals surface area contributed by atoms with Gasteiger partial charge in [-0.15, -0.1) is 5.10 Å². The molecule has 0 aliphatic carbocycles. The van der Waals surface area contributed by atoms with Gasteiger partial charge in [-0.2, -0.15) is 0 Å². The number of amides is 2. The Morgan fingerprint density at radius 3 is 2.31 bits per heavy atom. The van der Waals surface area contributed by atoms with Gasteiger partial charge in [0.05, 0.1) is 17.1 Å². The van der Waals surface area contributed by atoms with Crippen molar-refractivity contribution in [2.24, 2.45) is 5.41 Å². The summed E-state index contributed by atoms with van der Waals surface area (Å²) < 4.78 is 14.1. The molecule has 1 atom stereocenters. The number of para-hydroxylation sites is 1. The Bertz CT molecular complexity index is 1330. The third-order valence-corrected chi connectivity index (χ3v) is 6.01. The maximum absolute atomic E-state index is 14.1. The molecule has 0 radical (unpaired) electrons. The van der Waals surface area contributed by atoms with Crippen molar-refractivity contribution in [2.75, 3.05) is 16.0 Å². The van der Waals surface area contributed by atoms with Gasteiger partial charge >= 0.3 is 6.03 Å². The Morgan fingerprint density at radius 1 is 0.944 bits per heavy atom. The summed E-state index contributed by atoms with van der Waals surface area (Å²) in [6.07, 6.45) is 0.896. The summed E-state index contributed by atoms with van der Waals surface area (Å²) >= 11 is 0. The molecule has 9 heteroatoms. The fourth-order valence-corrected chi connectivity index (χ4v) is 4.11. The van der Waals surface area contributed by atoms with E-state index in [4.69, 9.17) is 0 Å². The van der Waals surface area contributed by atoms with Gasteiger partial charge in [0.25, 0.3) is 0 Å². The molecular formula is C27H30FN7O. The Kier molecular flexibility index (Phi) is 7.28. The molecule has 0 aliphatic heterocycles. The first-order valence-electron chi connectivity index (χ1n) is 11.8. The highest BCUT2D eigenvalue weighted by atomic mass is 19.1. The van der Waals surface area contributed by atoms with E-state index in [-0.39, 0.29) is 17.1 Å². The molecule has 1 heterocycles. The molecule has 8 nitrogen and oxygen atoms in total. The van der Waals surface area contributed by atoms with Crippen LogP contribution in [0.3, 0.4) is 0 Å². The minimum absolute atomic E-state index is 0.00793. The molecular weight excluding hydrogens is 457 g/mol. The molecule has 0 aliphatic rings. The molecule has 1 unspecified atom stereocenters. The van der Waals surface area contributed by atoms with Crippen molar-refractivity contribution in [2.45, 2.75) is 40.2 Å². The number of anilines is 3. The van der Waals surface area contributed by atoms with Crippen LogP contribution in [0, 0.1) is 11.2 Å². The molecule has 4 N–H and O–H groups in total. The SMILES string of the molecule is CCC(Nc1ccc(-c2ccccc2-c2nnn[nH]2)cc1NC(=O)Nc1ccccc1F)C(C)(C)C. The number of H-pyrrole nitrogens is 1. The monoisotopic (exact) mass is 487 g/mol. The van der Waals surface area contributed by atoms with Gasteiger partial charge in [0, 0.05) is 11.6 Å². The second-order valence-electron chi connectivity index (χ2n) is 9.59. The smallest absolute Gasteiger partial charge is 0.323 e. The molecule has 0 bridgehead atoms. The Morgan fingerprint density at radius 2 is 1.64 bits per heavy atom. The van der Waals surface area contributed by atoms with E-state index in [2.05, 4.69) is 64.3 Å². The normalized spacial score (nSPS) is 12.1. The zero-order valence-electron chi connectivity index (χ0n) is 20.8. The summed E-state index contributed by atoms with van der Waals surface area (Å²) in [5.41, 5.74) is 4.00. The molecule has 186 valence electrons. The molecule has 36 heavy (non-hydrogen) atoms. The second kappa shape index (κ2) is 10.6. The van der Waals surface area contributed by atoms with Gasteiger partial charge in [-0.05, 0) is 57.7 Å². The number of carbonyl (C=O) groups is 1. The standard InChI is InChI=1S/C27H30FN7O/c1-5-24(27(2,3)4)29-22-15-14-17(18-10-6-7-11-19(18)25-32-34-35-33-25)16-23(22)31-26(36)30-21-13-9-8-12-20(21)28/h6-16,24,29H,5H2,1-4H3,(H2,30,31,36)(H,32,33,34,35). The van der Waals surface area contributed by atoms with Crippen LogP contribution >= 0.6 is 0 Å². The van der Waals surface area contributed by atoms with Crippen molar-refractivity contribution in [1.29, 1.82) is 0 Å². The first kappa shape index (κ1) is 24.8.